The minimum Gasteiger partial charge on any atom is -0.399 e. The van der Waals surface area contributed by atoms with Gasteiger partial charge in [-0.25, -0.2) is 9.97 Å². The SMILES string of the molecule is C1=Cc2cc3ccc(cc4ccc(cc5nc(cc1n2)C=C5)[nH]4)[nH]3.Cc1ccc(N)c(C)c1C. The first-order valence-corrected chi connectivity index (χ1v) is 11.3. The number of aryl methyl sites for hydroxylation is 1. The number of benzene rings is 1. The fourth-order valence-corrected chi connectivity index (χ4v) is 3.92. The number of hydrogen-bond donors (Lipinski definition) is 3. The Hall–Kier alpha value is -4.38. The van der Waals surface area contributed by atoms with Crippen LogP contribution in [0.25, 0.3) is 46.4 Å². The van der Waals surface area contributed by atoms with Gasteiger partial charge >= 0.3 is 0 Å². The predicted octanol–water partition coefficient (Wildman–Crippen LogP) is 6.85. The van der Waals surface area contributed by atoms with Crippen molar-refractivity contribution in [2.24, 2.45) is 0 Å². The first kappa shape index (κ1) is 21.5. The monoisotopic (exact) mass is 445 g/mol. The molecule has 1 aromatic carbocycles. The lowest BCUT2D eigenvalue weighted by Crippen LogP contribution is -1.93. The van der Waals surface area contributed by atoms with Gasteiger partial charge in [0.15, 0.2) is 0 Å². The molecule has 168 valence electrons. The highest BCUT2D eigenvalue weighted by molar-refractivity contribution is 5.77. The van der Waals surface area contributed by atoms with Crippen molar-refractivity contribution in [3.63, 3.8) is 0 Å². The molecule has 6 rings (SSSR count). The van der Waals surface area contributed by atoms with Crippen LogP contribution in [-0.4, -0.2) is 19.9 Å². The first-order valence-electron chi connectivity index (χ1n) is 11.3. The number of anilines is 1. The summed E-state index contributed by atoms with van der Waals surface area (Å²) >= 11 is 0. The number of nitrogen functional groups attached to an aromatic ring is 1. The Morgan fingerprint density at radius 2 is 0.971 bits per heavy atom. The largest absolute Gasteiger partial charge is 0.399 e. The van der Waals surface area contributed by atoms with Crippen molar-refractivity contribution in [2.75, 3.05) is 5.73 Å². The summed E-state index contributed by atoms with van der Waals surface area (Å²) in [5.41, 5.74) is 18.3. The van der Waals surface area contributed by atoms with Gasteiger partial charge in [-0.1, -0.05) is 6.07 Å². The van der Waals surface area contributed by atoms with Gasteiger partial charge in [0.1, 0.15) is 0 Å². The molecule has 0 aliphatic carbocycles. The van der Waals surface area contributed by atoms with Crippen molar-refractivity contribution in [3.8, 4) is 0 Å². The van der Waals surface area contributed by atoms with E-state index in [1.807, 2.05) is 48.6 Å². The third kappa shape index (κ3) is 4.69. The van der Waals surface area contributed by atoms with Crippen molar-refractivity contribution < 1.29 is 0 Å². The van der Waals surface area contributed by atoms with Gasteiger partial charge in [-0.05, 0) is 116 Å². The number of hydrogen-bond acceptors (Lipinski definition) is 3. The normalized spacial score (nSPS) is 11.9. The summed E-state index contributed by atoms with van der Waals surface area (Å²) in [5.74, 6) is 0. The van der Waals surface area contributed by atoms with Gasteiger partial charge in [0.25, 0.3) is 0 Å². The topological polar surface area (TPSA) is 83.4 Å². The van der Waals surface area contributed by atoms with E-state index >= 15 is 0 Å². The van der Waals surface area contributed by atoms with E-state index in [-0.39, 0.29) is 0 Å². The van der Waals surface area contributed by atoms with Gasteiger partial charge in [0.05, 0.1) is 22.8 Å². The van der Waals surface area contributed by atoms with Crippen molar-refractivity contribution in [3.05, 3.63) is 100 Å². The Morgan fingerprint density at radius 3 is 1.44 bits per heavy atom. The molecule has 8 bridgehead atoms. The molecular weight excluding hydrogens is 418 g/mol. The molecule has 0 saturated carbocycles. The Kier molecular flexibility index (Phi) is 5.60. The molecule has 0 atom stereocenters. The summed E-state index contributed by atoms with van der Waals surface area (Å²) in [6, 6.07) is 20.4. The van der Waals surface area contributed by atoms with Gasteiger partial charge in [0, 0.05) is 27.8 Å². The number of rotatable bonds is 0. The van der Waals surface area contributed by atoms with Crippen molar-refractivity contribution in [2.45, 2.75) is 20.8 Å². The predicted molar refractivity (Wildman–Crippen MR) is 144 cm³/mol. The minimum atomic E-state index is 0.892. The summed E-state index contributed by atoms with van der Waals surface area (Å²) in [5, 5.41) is 0. The third-order valence-electron chi connectivity index (χ3n) is 6.14. The molecule has 3 aromatic heterocycles. The molecule has 5 heterocycles. The smallest absolute Gasteiger partial charge is 0.0659 e. The zero-order valence-electron chi connectivity index (χ0n) is 19.6. The molecule has 0 unspecified atom stereocenters. The van der Waals surface area contributed by atoms with Gasteiger partial charge in [0.2, 0.25) is 0 Å². The minimum absolute atomic E-state index is 0.892. The molecule has 0 saturated heterocycles. The van der Waals surface area contributed by atoms with Crippen LogP contribution in [0.4, 0.5) is 5.69 Å². The van der Waals surface area contributed by atoms with Crippen LogP contribution in [0, 0.1) is 20.8 Å². The summed E-state index contributed by atoms with van der Waals surface area (Å²) in [4.78, 5) is 16.0. The Bertz CT molecular complexity index is 1480. The summed E-state index contributed by atoms with van der Waals surface area (Å²) in [6.07, 6.45) is 8.05. The first-order chi connectivity index (χ1) is 16.4. The molecule has 2 aliphatic rings. The molecular formula is C29H27N5. The summed E-state index contributed by atoms with van der Waals surface area (Å²) in [7, 11) is 0. The van der Waals surface area contributed by atoms with Gasteiger partial charge < -0.3 is 15.7 Å². The van der Waals surface area contributed by atoms with Crippen LogP contribution < -0.4 is 5.73 Å². The molecule has 0 fully saturated rings. The maximum absolute atomic E-state index is 5.69. The second-order valence-corrected chi connectivity index (χ2v) is 8.63. The van der Waals surface area contributed by atoms with Crippen LogP contribution >= 0.6 is 0 Å². The highest BCUT2D eigenvalue weighted by Gasteiger charge is 2.02. The van der Waals surface area contributed by atoms with Crippen LogP contribution in [0.5, 0.6) is 0 Å². The fraction of sp³-hybridized carbons (Fsp3) is 0.103. The van der Waals surface area contributed by atoms with E-state index in [4.69, 9.17) is 5.73 Å². The maximum atomic E-state index is 5.69. The Morgan fingerprint density at radius 1 is 0.529 bits per heavy atom. The van der Waals surface area contributed by atoms with Gasteiger partial charge in [-0.3, -0.25) is 0 Å². The van der Waals surface area contributed by atoms with E-state index in [2.05, 4.69) is 77.1 Å². The van der Waals surface area contributed by atoms with Crippen molar-refractivity contribution in [1.29, 1.82) is 0 Å². The third-order valence-corrected chi connectivity index (χ3v) is 6.14. The second-order valence-electron chi connectivity index (χ2n) is 8.63. The second kappa shape index (κ2) is 8.87. The maximum Gasteiger partial charge on any atom is 0.0659 e. The van der Waals surface area contributed by atoms with Gasteiger partial charge in [-0.15, -0.1) is 0 Å². The van der Waals surface area contributed by atoms with E-state index in [1.165, 1.54) is 16.7 Å². The summed E-state index contributed by atoms with van der Waals surface area (Å²) in [6.45, 7) is 6.25. The zero-order valence-corrected chi connectivity index (χ0v) is 19.6. The lowest BCUT2D eigenvalue weighted by molar-refractivity contribution is 1.27. The molecule has 5 nitrogen and oxygen atoms in total. The molecule has 4 aromatic rings. The number of nitrogens with zero attached hydrogens (tertiary/aromatic N) is 2. The van der Waals surface area contributed by atoms with Crippen LogP contribution in [-0.2, 0) is 0 Å². The molecule has 2 aliphatic heterocycles. The quantitative estimate of drug-likeness (QED) is 0.224. The average molecular weight is 446 g/mol. The molecule has 34 heavy (non-hydrogen) atoms. The zero-order chi connectivity index (χ0) is 23.7. The average Bonchev–Trinajstić information content (AvgIpc) is 3.61. The molecule has 5 heteroatoms. The van der Waals surface area contributed by atoms with Crippen LogP contribution in [0.2, 0.25) is 0 Å². The molecule has 0 spiro atoms. The van der Waals surface area contributed by atoms with Crippen LogP contribution in [0.3, 0.4) is 0 Å². The standard InChI is InChI=1S/C20H14N4.C9H13N/c1-2-14-10-16-5-6-18(23-16)12-20-8-7-19(24-20)11-17-4-3-15(22-17)9-13(1)21-14;1-6-4-5-9(10)8(3)7(6)2/h1-12,21-22H;4-5H,10H2,1-3H3. The molecule has 0 radical (unpaired) electrons. The number of aromatic nitrogens is 4. The highest BCUT2D eigenvalue weighted by Crippen LogP contribution is 2.18. The fourth-order valence-electron chi connectivity index (χ4n) is 3.92. The lowest BCUT2D eigenvalue weighted by Gasteiger charge is -2.05. The summed E-state index contributed by atoms with van der Waals surface area (Å²) < 4.78 is 0. The van der Waals surface area contributed by atoms with E-state index in [9.17, 15) is 0 Å². The van der Waals surface area contributed by atoms with Gasteiger partial charge in [-0.2, -0.15) is 0 Å². The van der Waals surface area contributed by atoms with Crippen LogP contribution in [0.15, 0.2) is 60.7 Å². The van der Waals surface area contributed by atoms with Crippen molar-refractivity contribution in [1.82, 2.24) is 19.9 Å². The Balaban J connectivity index is 0.000000204. The molecule has 0 amide bonds. The number of aromatic amines is 2. The number of H-pyrrole nitrogens is 2. The number of fused-ring (bicyclic) bond motifs is 8. The molecule has 4 N–H and O–H groups in total. The number of nitrogens with two attached hydrogens (primary N) is 1. The van der Waals surface area contributed by atoms with Crippen LogP contribution in [0.1, 0.15) is 39.5 Å². The van der Waals surface area contributed by atoms with E-state index in [0.717, 1.165) is 50.5 Å². The van der Waals surface area contributed by atoms with E-state index < -0.39 is 0 Å². The van der Waals surface area contributed by atoms with E-state index in [1.54, 1.807) is 0 Å². The van der Waals surface area contributed by atoms with E-state index in [0.29, 0.717) is 0 Å². The lowest BCUT2D eigenvalue weighted by atomic mass is 10.0. The Labute approximate surface area is 198 Å². The number of nitrogens with one attached hydrogen (secondary N) is 2. The van der Waals surface area contributed by atoms with Crippen molar-refractivity contribution >= 4 is 52.1 Å². The highest BCUT2D eigenvalue weighted by atomic mass is 14.8.